The highest BCUT2D eigenvalue weighted by molar-refractivity contribution is 5.99. The third-order valence-electron chi connectivity index (χ3n) is 5.79. The van der Waals surface area contributed by atoms with Crippen LogP contribution in [0.1, 0.15) is 33.2 Å². The maximum absolute atomic E-state index is 13.6. The third kappa shape index (κ3) is 6.47. The van der Waals surface area contributed by atoms with E-state index >= 15 is 0 Å². The fourth-order valence-electron chi connectivity index (χ4n) is 3.76. The first-order chi connectivity index (χ1) is 17.9. The van der Waals surface area contributed by atoms with Crippen LogP contribution in [0, 0.1) is 12.7 Å². The first-order valence-corrected chi connectivity index (χ1v) is 11.4. The molecule has 0 spiro atoms. The number of aryl methyl sites for hydroxylation is 1. The van der Waals surface area contributed by atoms with Crippen molar-refractivity contribution in [2.45, 2.75) is 25.2 Å². The van der Waals surface area contributed by atoms with Crippen LogP contribution in [0.25, 0.3) is 0 Å². The first-order valence-electron chi connectivity index (χ1n) is 11.4. The van der Waals surface area contributed by atoms with Gasteiger partial charge < -0.3 is 15.4 Å². The molecule has 200 valence electrons. The molecule has 0 saturated carbocycles. The minimum Gasteiger partial charge on any atom is -0.438 e. The minimum atomic E-state index is -5.04. The summed E-state index contributed by atoms with van der Waals surface area (Å²) in [6.07, 6.45) is -7.36. The molecule has 38 heavy (non-hydrogen) atoms. The van der Waals surface area contributed by atoms with Gasteiger partial charge in [0.05, 0.1) is 11.1 Å². The van der Waals surface area contributed by atoms with Crippen LogP contribution in [0.3, 0.4) is 0 Å². The smallest absolute Gasteiger partial charge is 0.417 e. The molecule has 0 radical (unpaired) electrons. The van der Waals surface area contributed by atoms with E-state index in [0.29, 0.717) is 28.9 Å². The van der Waals surface area contributed by atoms with E-state index in [4.69, 9.17) is 4.74 Å². The van der Waals surface area contributed by atoms with E-state index in [-0.39, 0.29) is 6.07 Å². The molecule has 0 aliphatic carbocycles. The van der Waals surface area contributed by atoms with E-state index in [2.05, 4.69) is 10.6 Å². The van der Waals surface area contributed by atoms with Crippen molar-refractivity contribution >= 4 is 23.6 Å². The molecule has 0 bridgehead atoms. The van der Waals surface area contributed by atoms with E-state index in [1.165, 1.54) is 19.0 Å². The van der Waals surface area contributed by atoms with Crippen molar-refractivity contribution < 1.29 is 36.7 Å². The SMILES string of the molecule is CNC(=O)C(NC(=O)c1ccc(F)cc1C(F)(F)F)[C@H](OC(=O)N(C)c1ccccc1)c1ccccc1C. The lowest BCUT2D eigenvalue weighted by atomic mass is 9.96. The summed E-state index contributed by atoms with van der Waals surface area (Å²) in [5, 5.41) is 4.60. The quantitative estimate of drug-likeness (QED) is 0.420. The molecule has 0 aliphatic heterocycles. The number of rotatable bonds is 7. The molecule has 2 N–H and O–H groups in total. The summed E-state index contributed by atoms with van der Waals surface area (Å²) in [7, 11) is 2.70. The van der Waals surface area contributed by atoms with Gasteiger partial charge in [0, 0.05) is 19.8 Å². The van der Waals surface area contributed by atoms with Gasteiger partial charge >= 0.3 is 12.3 Å². The largest absolute Gasteiger partial charge is 0.438 e. The summed E-state index contributed by atoms with van der Waals surface area (Å²) in [6, 6.07) is 14.9. The van der Waals surface area contributed by atoms with E-state index in [0.717, 1.165) is 0 Å². The predicted octanol–water partition coefficient (Wildman–Crippen LogP) is 5.01. The van der Waals surface area contributed by atoms with Gasteiger partial charge in [-0.05, 0) is 48.4 Å². The van der Waals surface area contributed by atoms with E-state index in [9.17, 15) is 31.9 Å². The Hall–Kier alpha value is -4.41. The number of benzene rings is 3. The van der Waals surface area contributed by atoms with Crippen molar-refractivity contribution in [1.82, 2.24) is 10.6 Å². The average molecular weight is 532 g/mol. The number of nitrogens with one attached hydrogen (secondary N) is 2. The monoisotopic (exact) mass is 531 g/mol. The summed E-state index contributed by atoms with van der Waals surface area (Å²) >= 11 is 0. The van der Waals surface area contributed by atoms with Gasteiger partial charge in [-0.1, -0.05) is 42.5 Å². The maximum Gasteiger partial charge on any atom is 0.417 e. The van der Waals surface area contributed by atoms with E-state index < -0.39 is 53.2 Å². The minimum absolute atomic E-state index is 0.192. The normalized spacial score (nSPS) is 12.7. The maximum atomic E-state index is 13.6. The van der Waals surface area contributed by atoms with Gasteiger partial charge in [0.1, 0.15) is 11.9 Å². The zero-order valence-corrected chi connectivity index (χ0v) is 20.7. The molecule has 0 heterocycles. The molecule has 0 aromatic heterocycles. The van der Waals surface area contributed by atoms with Gasteiger partial charge in [0.2, 0.25) is 5.91 Å². The zero-order chi connectivity index (χ0) is 28.0. The zero-order valence-electron chi connectivity index (χ0n) is 20.7. The summed E-state index contributed by atoms with van der Waals surface area (Å²) in [5.74, 6) is -3.33. The van der Waals surface area contributed by atoms with Gasteiger partial charge in [0.15, 0.2) is 6.10 Å². The van der Waals surface area contributed by atoms with Crippen molar-refractivity contribution in [3.8, 4) is 0 Å². The lowest BCUT2D eigenvalue weighted by Crippen LogP contribution is -2.51. The number of carbonyl (C=O) groups excluding carboxylic acids is 3. The summed E-state index contributed by atoms with van der Waals surface area (Å²) in [5.41, 5.74) is -1.01. The summed E-state index contributed by atoms with van der Waals surface area (Å²) in [6.45, 7) is 1.68. The standard InChI is InChI=1S/C27H25F4N3O4/c1-16-9-7-8-12-19(16)23(38-26(37)34(3)18-10-5-4-6-11-18)22(25(36)32-2)33-24(35)20-14-13-17(28)15-21(20)27(29,30)31/h4-15,22-23H,1-3H3,(H,32,36)(H,33,35)/t22?,23-/m1/s1. The van der Waals surface area contributed by atoms with E-state index in [1.54, 1.807) is 61.5 Å². The lowest BCUT2D eigenvalue weighted by Gasteiger charge is -2.30. The van der Waals surface area contributed by atoms with Crippen LogP contribution < -0.4 is 15.5 Å². The van der Waals surface area contributed by atoms with Gasteiger partial charge in [0.25, 0.3) is 5.91 Å². The Labute approximate surface area is 216 Å². The van der Waals surface area contributed by atoms with Gasteiger partial charge in [-0.2, -0.15) is 13.2 Å². The number of hydrogen-bond acceptors (Lipinski definition) is 4. The predicted molar refractivity (Wildman–Crippen MR) is 132 cm³/mol. The molecule has 7 nitrogen and oxygen atoms in total. The number of carbonyl (C=O) groups is 3. The Morgan fingerprint density at radius 3 is 2.18 bits per heavy atom. The topological polar surface area (TPSA) is 87.7 Å². The average Bonchev–Trinajstić information content (AvgIpc) is 2.89. The van der Waals surface area contributed by atoms with Crippen LogP contribution in [-0.2, 0) is 15.7 Å². The van der Waals surface area contributed by atoms with Crippen LogP contribution in [-0.4, -0.2) is 38.0 Å². The molecule has 2 atom stereocenters. The highest BCUT2D eigenvalue weighted by atomic mass is 19.4. The number of halogens is 4. The second-order valence-corrected chi connectivity index (χ2v) is 8.31. The molecular weight excluding hydrogens is 506 g/mol. The number of hydrogen-bond donors (Lipinski definition) is 2. The highest BCUT2D eigenvalue weighted by Gasteiger charge is 2.39. The molecule has 3 rings (SSSR count). The van der Waals surface area contributed by atoms with Crippen LogP contribution in [0.2, 0.25) is 0 Å². The molecule has 1 unspecified atom stereocenters. The molecule has 0 fully saturated rings. The Balaban J connectivity index is 2.04. The van der Waals surface area contributed by atoms with Crippen molar-refractivity contribution in [2.24, 2.45) is 0 Å². The highest BCUT2D eigenvalue weighted by Crippen LogP contribution is 2.33. The lowest BCUT2D eigenvalue weighted by molar-refractivity contribution is -0.138. The molecule has 3 aromatic rings. The van der Waals surface area contributed by atoms with Crippen LogP contribution in [0.15, 0.2) is 72.8 Å². The van der Waals surface area contributed by atoms with E-state index in [1.807, 2.05) is 0 Å². The second-order valence-electron chi connectivity index (χ2n) is 8.31. The van der Waals surface area contributed by atoms with Gasteiger partial charge in [-0.25, -0.2) is 9.18 Å². The van der Waals surface area contributed by atoms with Crippen LogP contribution in [0.5, 0.6) is 0 Å². The van der Waals surface area contributed by atoms with Crippen LogP contribution in [0.4, 0.5) is 28.0 Å². The fourth-order valence-corrected chi connectivity index (χ4v) is 3.76. The number of alkyl halides is 3. The number of amides is 3. The van der Waals surface area contributed by atoms with Crippen molar-refractivity contribution in [1.29, 1.82) is 0 Å². The second kappa shape index (κ2) is 11.8. The number of anilines is 1. The summed E-state index contributed by atoms with van der Waals surface area (Å²) in [4.78, 5) is 40.3. The number of likely N-dealkylation sites (N-methyl/N-ethyl adjacent to an activating group) is 1. The van der Waals surface area contributed by atoms with Crippen molar-refractivity contribution in [3.05, 3.63) is 101 Å². The summed E-state index contributed by atoms with van der Waals surface area (Å²) < 4.78 is 59.9. The third-order valence-corrected chi connectivity index (χ3v) is 5.79. The molecule has 11 heteroatoms. The Kier molecular flexibility index (Phi) is 8.72. The Bertz CT molecular complexity index is 1320. The molecule has 0 saturated heterocycles. The Morgan fingerprint density at radius 1 is 0.947 bits per heavy atom. The molecule has 3 amide bonds. The first kappa shape index (κ1) is 28.2. The fraction of sp³-hybridized carbons (Fsp3) is 0.222. The molecular formula is C27H25F4N3O4. The van der Waals surface area contributed by atoms with Gasteiger partial charge in [-0.15, -0.1) is 0 Å². The molecule has 0 aliphatic rings. The van der Waals surface area contributed by atoms with Gasteiger partial charge in [-0.3, -0.25) is 14.5 Å². The number of ether oxygens (including phenoxy) is 1. The van der Waals surface area contributed by atoms with Crippen molar-refractivity contribution in [3.63, 3.8) is 0 Å². The van der Waals surface area contributed by atoms with Crippen molar-refractivity contribution in [2.75, 3.05) is 19.0 Å². The molecule has 3 aromatic carbocycles. The van der Waals surface area contributed by atoms with Crippen LogP contribution >= 0.6 is 0 Å². The Morgan fingerprint density at radius 2 is 1.58 bits per heavy atom. The number of para-hydroxylation sites is 1. The number of nitrogens with zero attached hydrogens (tertiary/aromatic N) is 1.